The lowest BCUT2D eigenvalue weighted by Gasteiger charge is -2.15. The Bertz CT molecular complexity index is 1440. The van der Waals surface area contributed by atoms with Crippen LogP contribution >= 0.6 is 0 Å². The average molecular weight is 459 g/mol. The van der Waals surface area contributed by atoms with Crippen molar-refractivity contribution in [1.29, 1.82) is 0 Å². The van der Waals surface area contributed by atoms with Crippen LogP contribution in [0, 0.1) is 0 Å². The van der Waals surface area contributed by atoms with E-state index >= 15 is 0 Å². The smallest absolute Gasteiger partial charge is 0.119 e. The number of ether oxygens (including phenoxy) is 1. The van der Waals surface area contributed by atoms with Crippen LogP contribution in [0.4, 0.5) is 5.69 Å². The highest BCUT2D eigenvalue weighted by Gasteiger charge is 2.18. The minimum absolute atomic E-state index is 0.194. The van der Waals surface area contributed by atoms with Crippen molar-refractivity contribution in [1.82, 2.24) is 4.57 Å². The second-order valence-corrected chi connectivity index (χ2v) is 8.11. The third-order valence-electron chi connectivity index (χ3n) is 5.74. The van der Waals surface area contributed by atoms with Crippen molar-refractivity contribution in [3.05, 3.63) is 121 Å². The van der Waals surface area contributed by atoms with Crippen LogP contribution < -0.4 is 4.74 Å². The molecule has 5 aromatic rings. The quantitative estimate of drug-likeness (QED) is 0.254. The summed E-state index contributed by atoms with van der Waals surface area (Å²) in [5.41, 5.74) is 6.99. The van der Waals surface area contributed by atoms with Gasteiger partial charge in [-0.15, -0.1) is 0 Å². The number of hydrogen-bond donors (Lipinski definition) is 1. The molecular formula is C31H26N2O2. The van der Waals surface area contributed by atoms with E-state index in [0.717, 1.165) is 39.5 Å². The van der Waals surface area contributed by atoms with Crippen LogP contribution in [0.2, 0.25) is 0 Å². The standard InChI is InChI=1S/C31H26N2O2/c1-2-35-29-18-16-27(17-19-29)33-30(23-10-5-3-6-11-23)20-25(31(33)24-12-7-4-8-13-24)22-32-26-14-9-15-28(34)21-26/h3-22,34H,2H2,1H3. The maximum absolute atomic E-state index is 9.86. The summed E-state index contributed by atoms with van der Waals surface area (Å²) < 4.78 is 7.95. The molecule has 4 nitrogen and oxygen atoms in total. The molecule has 0 bridgehead atoms. The summed E-state index contributed by atoms with van der Waals surface area (Å²) in [6.07, 6.45) is 1.87. The summed E-state index contributed by atoms with van der Waals surface area (Å²) in [5, 5.41) is 9.86. The van der Waals surface area contributed by atoms with Crippen molar-refractivity contribution >= 4 is 11.9 Å². The van der Waals surface area contributed by atoms with E-state index in [1.54, 1.807) is 18.2 Å². The molecule has 0 unspecified atom stereocenters. The molecule has 0 aliphatic heterocycles. The number of aromatic nitrogens is 1. The second-order valence-electron chi connectivity index (χ2n) is 8.11. The van der Waals surface area contributed by atoms with Gasteiger partial charge in [0.2, 0.25) is 0 Å². The number of phenolic OH excluding ortho intramolecular Hbond substituents is 1. The van der Waals surface area contributed by atoms with Gasteiger partial charge in [0, 0.05) is 23.5 Å². The maximum Gasteiger partial charge on any atom is 0.119 e. The van der Waals surface area contributed by atoms with Crippen molar-refractivity contribution in [3.63, 3.8) is 0 Å². The Balaban J connectivity index is 1.74. The van der Waals surface area contributed by atoms with Gasteiger partial charge in [-0.1, -0.05) is 66.7 Å². The van der Waals surface area contributed by atoms with Crippen molar-refractivity contribution in [3.8, 4) is 39.7 Å². The first-order valence-electron chi connectivity index (χ1n) is 11.7. The molecule has 0 saturated carbocycles. The summed E-state index contributed by atoms with van der Waals surface area (Å²) in [4.78, 5) is 4.69. The molecule has 0 fully saturated rings. The zero-order valence-electron chi connectivity index (χ0n) is 19.5. The predicted octanol–water partition coefficient (Wildman–Crippen LogP) is 7.67. The van der Waals surface area contributed by atoms with Gasteiger partial charge in [0.05, 0.1) is 23.7 Å². The number of phenols is 1. The fourth-order valence-corrected chi connectivity index (χ4v) is 4.18. The number of nitrogens with zero attached hydrogens (tertiary/aromatic N) is 2. The van der Waals surface area contributed by atoms with Gasteiger partial charge >= 0.3 is 0 Å². The van der Waals surface area contributed by atoms with E-state index in [1.165, 1.54) is 0 Å². The number of benzene rings is 4. The maximum atomic E-state index is 9.86. The predicted molar refractivity (Wildman–Crippen MR) is 143 cm³/mol. The van der Waals surface area contributed by atoms with Crippen LogP contribution in [0.15, 0.2) is 120 Å². The molecule has 0 radical (unpaired) electrons. The number of hydrogen-bond acceptors (Lipinski definition) is 3. The summed E-state index contributed by atoms with van der Waals surface area (Å²) in [7, 11) is 0. The normalized spacial score (nSPS) is 11.1. The van der Waals surface area contributed by atoms with Crippen LogP contribution in [-0.4, -0.2) is 22.5 Å². The van der Waals surface area contributed by atoms with Gasteiger partial charge in [-0.3, -0.25) is 4.99 Å². The van der Waals surface area contributed by atoms with Crippen LogP contribution in [-0.2, 0) is 0 Å². The highest BCUT2D eigenvalue weighted by molar-refractivity contribution is 5.94. The molecular weight excluding hydrogens is 432 g/mol. The van der Waals surface area contributed by atoms with E-state index in [2.05, 4.69) is 52.0 Å². The monoisotopic (exact) mass is 458 g/mol. The second kappa shape index (κ2) is 10.1. The van der Waals surface area contributed by atoms with Crippen LogP contribution in [0.5, 0.6) is 11.5 Å². The topological polar surface area (TPSA) is 46.8 Å². The first-order chi connectivity index (χ1) is 17.2. The number of rotatable bonds is 7. The molecule has 5 rings (SSSR count). The highest BCUT2D eigenvalue weighted by Crippen LogP contribution is 2.36. The van der Waals surface area contributed by atoms with E-state index in [-0.39, 0.29) is 5.75 Å². The number of aromatic hydroxyl groups is 1. The summed E-state index contributed by atoms with van der Waals surface area (Å²) >= 11 is 0. The van der Waals surface area contributed by atoms with Gasteiger partial charge in [-0.2, -0.15) is 0 Å². The molecule has 0 saturated heterocycles. The van der Waals surface area contributed by atoms with Gasteiger partial charge in [-0.25, -0.2) is 0 Å². The lowest BCUT2D eigenvalue weighted by Crippen LogP contribution is -2.01. The molecule has 1 aromatic heterocycles. The van der Waals surface area contributed by atoms with Gasteiger partial charge in [0.25, 0.3) is 0 Å². The zero-order chi connectivity index (χ0) is 24.0. The van der Waals surface area contributed by atoms with E-state index in [0.29, 0.717) is 12.3 Å². The molecule has 0 aliphatic rings. The zero-order valence-corrected chi connectivity index (χ0v) is 19.5. The van der Waals surface area contributed by atoms with E-state index in [4.69, 9.17) is 4.74 Å². The third kappa shape index (κ3) is 4.87. The molecule has 1 N–H and O–H groups in total. The van der Waals surface area contributed by atoms with Gasteiger partial charge < -0.3 is 14.4 Å². The Hall–Kier alpha value is -4.57. The first kappa shape index (κ1) is 22.2. The lowest BCUT2D eigenvalue weighted by molar-refractivity contribution is 0.340. The molecule has 1 heterocycles. The molecule has 0 spiro atoms. The number of aliphatic imine (C=N–C) groups is 1. The first-order valence-corrected chi connectivity index (χ1v) is 11.7. The fraction of sp³-hybridized carbons (Fsp3) is 0.0645. The summed E-state index contributed by atoms with van der Waals surface area (Å²) in [6, 6.07) is 38.0. The molecule has 35 heavy (non-hydrogen) atoms. The highest BCUT2D eigenvalue weighted by atomic mass is 16.5. The Morgan fingerprint density at radius 3 is 2.11 bits per heavy atom. The van der Waals surface area contributed by atoms with E-state index < -0.39 is 0 Å². The molecule has 0 aliphatic carbocycles. The van der Waals surface area contributed by atoms with Gasteiger partial charge in [-0.05, 0) is 60.5 Å². The largest absolute Gasteiger partial charge is 0.508 e. The van der Waals surface area contributed by atoms with Crippen LogP contribution in [0.3, 0.4) is 0 Å². The van der Waals surface area contributed by atoms with Crippen molar-refractivity contribution in [2.24, 2.45) is 4.99 Å². The van der Waals surface area contributed by atoms with Crippen molar-refractivity contribution in [2.75, 3.05) is 6.61 Å². The Morgan fingerprint density at radius 1 is 0.771 bits per heavy atom. The van der Waals surface area contributed by atoms with Crippen molar-refractivity contribution in [2.45, 2.75) is 6.92 Å². The molecule has 4 heteroatoms. The Kier molecular flexibility index (Phi) is 6.44. The molecule has 0 atom stereocenters. The van der Waals surface area contributed by atoms with Gasteiger partial charge in [0.1, 0.15) is 11.5 Å². The third-order valence-corrected chi connectivity index (χ3v) is 5.74. The Morgan fingerprint density at radius 2 is 1.46 bits per heavy atom. The Labute approximate surface area is 205 Å². The lowest BCUT2D eigenvalue weighted by atomic mass is 10.1. The van der Waals surface area contributed by atoms with E-state index in [9.17, 15) is 5.11 Å². The summed E-state index contributed by atoms with van der Waals surface area (Å²) in [6.45, 7) is 2.61. The van der Waals surface area contributed by atoms with Crippen molar-refractivity contribution < 1.29 is 9.84 Å². The van der Waals surface area contributed by atoms with Gasteiger partial charge in [0.15, 0.2) is 0 Å². The molecule has 4 aromatic carbocycles. The summed E-state index contributed by atoms with van der Waals surface area (Å²) in [5.74, 6) is 1.04. The van der Waals surface area contributed by atoms with Crippen LogP contribution in [0.25, 0.3) is 28.2 Å². The molecule has 0 amide bonds. The minimum atomic E-state index is 0.194. The van der Waals surface area contributed by atoms with Crippen LogP contribution in [0.1, 0.15) is 12.5 Å². The average Bonchev–Trinajstić information content (AvgIpc) is 3.29. The van der Waals surface area contributed by atoms with E-state index in [1.807, 2.05) is 67.7 Å². The SMILES string of the molecule is CCOc1ccc(-n2c(-c3ccccc3)cc(C=Nc3cccc(O)c3)c2-c2ccccc2)cc1. The minimum Gasteiger partial charge on any atom is -0.508 e. The molecule has 172 valence electrons. The fourth-order valence-electron chi connectivity index (χ4n) is 4.18.